The van der Waals surface area contributed by atoms with E-state index in [1.165, 1.54) is 12.8 Å². The van der Waals surface area contributed by atoms with Gasteiger partial charge in [0.25, 0.3) is 0 Å². The Hall–Kier alpha value is -2.71. The van der Waals surface area contributed by atoms with Crippen LogP contribution in [0, 0.1) is 0 Å². The van der Waals surface area contributed by atoms with Crippen molar-refractivity contribution in [2.24, 2.45) is 0 Å². The predicted molar refractivity (Wildman–Crippen MR) is 171 cm³/mol. The first-order valence-electron chi connectivity index (χ1n) is 16.2. The smallest absolute Gasteiger partial charge is 0.306 e. The minimum atomic E-state index is -1.14. The van der Waals surface area contributed by atoms with Gasteiger partial charge in [-0.25, -0.2) is 0 Å². The third-order valence-electron chi connectivity index (χ3n) is 6.78. The topological polar surface area (TPSA) is 102 Å². The van der Waals surface area contributed by atoms with E-state index < -0.39 is 18.1 Å². The molecule has 2 atom stereocenters. The van der Waals surface area contributed by atoms with Crippen LogP contribution in [-0.2, 0) is 28.6 Å². The summed E-state index contributed by atoms with van der Waals surface area (Å²) in [5.74, 6) is -1.87. The fourth-order valence-corrected chi connectivity index (χ4v) is 4.22. The standard InChI is InChI=1S/C35H59NO7/c1-6-8-9-10-11-12-13-14-15-16-17-18-19-20-21-22-23-24-25-26-34(38)43-31(30-42-33(37)7-2)29-41-28-27-32(35(39)40)36(3,4)5/h8-9,11-12,14-15,17-18,31-32H,6-7,10,13,16,19-30H2,1-5H3/b9-8-,12-11-,15-14-,18-17-. The van der Waals surface area contributed by atoms with Gasteiger partial charge in [0.15, 0.2) is 6.10 Å². The number of ether oxygens (including phenoxy) is 3. The number of esters is 2. The van der Waals surface area contributed by atoms with Crippen molar-refractivity contribution in [3.8, 4) is 0 Å². The summed E-state index contributed by atoms with van der Waals surface area (Å²) < 4.78 is 16.5. The monoisotopic (exact) mass is 605 g/mol. The third kappa shape index (κ3) is 25.5. The molecule has 246 valence electrons. The molecule has 0 aliphatic carbocycles. The van der Waals surface area contributed by atoms with Gasteiger partial charge in [0.1, 0.15) is 12.6 Å². The maximum absolute atomic E-state index is 12.4. The van der Waals surface area contributed by atoms with Crippen molar-refractivity contribution in [3.05, 3.63) is 48.6 Å². The fourth-order valence-electron chi connectivity index (χ4n) is 4.22. The van der Waals surface area contributed by atoms with E-state index in [1.54, 1.807) is 28.1 Å². The van der Waals surface area contributed by atoms with E-state index in [-0.39, 0.29) is 49.1 Å². The number of hydrogen-bond donors (Lipinski definition) is 0. The number of carboxylic acids is 1. The second-order valence-corrected chi connectivity index (χ2v) is 11.6. The Kier molecular flexibility index (Phi) is 25.2. The van der Waals surface area contributed by atoms with Crippen LogP contribution in [0.5, 0.6) is 0 Å². The molecule has 0 aromatic rings. The van der Waals surface area contributed by atoms with Gasteiger partial charge in [-0.1, -0.05) is 88.1 Å². The minimum Gasteiger partial charge on any atom is -0.544 e. The molecule has 0 radical (unpaired) electrons. The summed E-state index contributed by atoms with van der Waals surface area (Å²) >= 11 is 0. The Balaban J connectivity index is 4.08. The Labute approximate surface area is 261 Å². The number of carboxylic acid groups (broad SMARTS) is 1. The van der Waals surface area contributed by atoms with Crippen molar-refractivity contribution in [3.63, 3.8) is 0 Å². The summed E-state index contributed by atoms with van der Waals surface area (Å²) in [6.45, 7) is 3.93. The maximum atomic E-state index is 12.4. The second kappa shape index (κ2) is 26.9. The highest BCUT2D eigenvalue weighted by molar-refractivity contribution is 5.70. The Bertz CT molecular complexity index is 855. The number of allylic oxidation sites excluding steroid dienone is 8. The predicted octanol–water partition coefficient (Wildman–Crippen LogP) is 6.01. The van der Waals surface area contributed by atoms with E-state index in [2.05, 4.69) is 55.5 Å². The normalized spacial score (nSPS) is 13.8. The summed E-state index contributed by atoms with van der Waals surface area (Å²) in [6, 6.07) is -0.723. The number of nitrogens with zero attached hydrogens (tertiary/aromatic N) is 1. The second-order valence-electron chi connectivity index (χ2n) is 11.6. The molecule has 0 heterocycles. The average molecular weight is 606 g/mol. The number of hydrogen-bond acceptors (Lipinski definition) is 7. The first-order valence-corrected chi connectivity index (χ1v) is 16.2. The molecule has 0 N–H and O–H groups in total. The van der Waals surface area contributed by atoms with Crippen molar-refractivity contribution in [2.75, 3.05) is 41.0 Å². The average Bonchev–Trinajstić information content (AvgIpc) is 2.95. The van der Waals surface area contributed by atoms with Crippen LogP contribution >= 0.6 is 0 Å². The van der Waals surface area contributed by atoms with E-state index in [9.17, 15) is 19.5 Å². The molecule has 0 rings (SSSR count). The number of carbonyl (C=O) groups excluding carboxylic acids is 3. The van der Waals surface area contributed by atoms with E-state index in [0.717, 1.165) is 57.8 Å². The van der Waals surface area contributed by atoms with Crippen LogP contribution in [0.1, 0.15) is 104 Å². The molecule has 8 nitrogen and oxygen atoms in total. The lowest BCUT2D eigenvalue weighted by Crippen LogP contribution is -2.55. The molecule has 0 aliphatic heterocycles. The summed E-state index contributed by atoms with van der Waals surface area (Å²) in [5.41, 5.74) is 0. The fraction of sp³-hybridized carbons (Fsp3) is 0.686. The van der Waals surface area contributed by atoms with Gasteiger partial charge >= 0.3 is 11.9 Å². The van der Waals surface area contributed by atoms with Crippen LogP contribution in [0.15, 0.2) is 48.6 Å². The van der Waals surface area contributed by atoms with Gasteiger partial charge in [-0.3, -0.25) is 9.59 Å². The molecular formula is C35H59NO7. The Morgan fingerprint density at radius 1 is 0.721 bits per heavy atom. The van der Waals surface area contributed by atoms with Crippen molar-refractivity contribution < 1.29 is 38.2 Å². The van der Waals surface area contributed by atoms with Gasteiger partial charge in [0, 0.05) is 19.3 Å². The molecule has 0 saturated carbocycles. The molecule has 8 heteroatoms. The molecule has 0 aromatic heterocycles. The maximum Gasteiger partial charge on any atom is 0.306 e. The highest BCUT2D eigenvalue weighted by atomic mass is 16.6. The molecule has 43 heavy (non-hydrogen) atoms. The van der Waals surface area contributed by atoms with E-state index in [4.69, 9.17) is 14.2 Å². The largest absolute Gasteiger partial charge is 0.544 e. The number of unbranched alkanes of at least 4 members (excludes halogenated alkanes) is 6. The molecule has 0 aromatic carbocycles. The number of carbonyl (C=O) groups is 3. The van der Waals surface area contributed by atoms with Crippen LogP contribution in [0.25, 0.3) is 0 Å². The van der Waals surface area contributed by atoms with Crippen LogP contribution in [0.4, 0.5) is 0 Å². The molecule has 0 spiro atoms. The van der Waals surface area contributed by atoms with Crippen LogP contribution in [0.3, 0.4) is 0 Å². The Morgan fingerprint density at radius 2 is 1.28 bits per heavy atom. The minimum absolute atomic E-state index is 0.0267. The SMILES string of the molecule is CC/C=C\C/C=C\C/C=C\C/C=C\CCCCCCCCC(=O)OC(COCCC(C(=O)[O-])[N+](C)(C)C)COC(=O)CC. The lowest BCUT2D eigenvalue weighted by Gasteiger charge is -2.34. The summed E-state index contributed by atoms with van der Waals surface area (Å²) in [4.78, 5) is 35.4. The first kappa shape index (κ1) is 40.3. The van der Waals surface area contributed by atoms with Gasteiger partial charge in [0.2, 0.25) is 0 Å². The highest BCUT2D eigenvalue weighted by Crippen LogP contribution is 2.11. The van der Waals surface area contributed by atoms with Gasteiger partial charge in [0.05, 0.1) is 40.3 Å². The van der Waals surface area contributed by atoms with E-state index in [0.29, 0.717) is 6.42 Å². The molecule has 0 bridgehead atoms. The van der Waals surface area contributed by atoms with Crippen molar-refractivity contribution >= 4 is 17.9 Å². The van der Waals surface area contributed by atoms with Crippen LogP contribution in [0.2, 0.25) is 0 Å². The van der Waals surface area contributed by atoms with Crippen LogP contribution in [-0.4, -0.2) is 75.5 Å². The number of aliphatic carboxylic acids is 1. The van der Waals surface area contributed by atoms with Crippen LogP contribution < -0.4 is 5.11 Å². The first-order chi connectivity index (χ1) is 20.6. The van der Waals surface area contributed by atoms with Gasteiger partial charge < -0.3 is 28.6 Å². The number of quaternary nitrogens is 1. The number of likely N-dealkylation sites (N-methyl/N-ethyl adjacent to an activating group) is 1. The van der Waals surface area contributed by atoms with E-state index >= 15 is 0 Å². The third-order valence-corrected chi connectivity index (χ3v) is 6.78. The molecule has 0 amide bonds. The molecule has 2 unspecified atom stereocenters. The van der Waals surface area contributed by atoms with Crippen molar-refractivity contribution in [1.29, 1.82) is 0 Å². The van der Waals surface area contributed by atoms with Crippen molar-refractivity contribution in [1.82, 2.24) is 0 Å². The molecular weight excluding hydrogens is 546 g/mol. The lowest BCUT2D eigenvalue weighted by atomic mass is 10.1. The molecule has 0 saturated heterocycles. The molecule has 0 fully saturated rings. The number of rotatable bonds is 27. The molecule has 0 aliphatic rings. The van der Waals surface area contributed by atoms with Gasteiger partial charge in [-0.2, -0.15) is 0 Å². The Morgan fingerprint density at radius 3 is 1.84 bits per heavy atom. The summed E-state index contributed by atoms with van der Waals surface area (Å²) in [5, 5.41) is 11.4. The zero-order valence-electron chi connectivity index (χ0n) is 27.6. The summed E-state index contributed by atoms with van der Waals surface area (Å²) in [6.07, 6.45) is 29.2. The zero-order chi connectivity index (χ0) is 32.2. The zero-order valence-corrected chi connectivity index (χ0v) is 27.6. The summed E-state index contributed by atoms with van der Waals surface area (Å²) in [7, 11) is 5.34. The lowest BCUT2D eigenvalue weighted by molar-refractivity contribution is -0.889. The van der Waals surface area contributed by atoms with Crippen molar-refractivity contribution in [2.45, 2.75) is 116 Å². The highest BCUT2D eigenvalue weighted by Gasteiger charge is 2.25. The van der Waals surface area contributed by atoms with Gasteiger partial charge in [-0.05, 0) is 44.9 Å². The van der Waals surface area contributed by atoms with Gasteiger partial charge in [-0.15, -0.1) is 0 Å². The quantitative estimate of drug-likeness (QED) is 0.0489. The van der Waals surface area contributed by atoms with E-state index in [1.807, 2.05) is 0 Å².